The van der Waals surface area contributed by atoms with Gasteiger partial charge < -0.3 is 0 Å². The van der Waals surface area contributed by atoms with Gasteiger partial charge in [0.2, 0.25) is 0 Å². The Hall–Kier alpha value is -2.08. The Morgan fingerprint density at radius 2 is 1.50 bits per heavy atom. The Morgan fingerprint density at radius 3 is 1.89 bits per heavy atom. The van der Waals surface area contributed by atoms with Gasteiger partial charge in [0.1, 0.15) is 0 Å². The topological polar surface area (TPSA) is 0 Å². The van der Waals surface area contributed by atoms with E-state index in [1.165, 1.54) is 16.7 Å². The quantitative estimate of drug-likeness (QED) is 0.658. The Labute approximate surface area is 110 Å². The molecule has 0 amide bonds. The van der Waals surface area contributed by atoms with E-state index in [9.17, 15) is 0 Å². The van der Waals surface area contributed by atoms with E-state index in [4.69, 9.17) is 0 Å². The van der Waals surface area contributed by atoms with Gasteiger partial charge in [-0.3, -0.25) is 0 Å². The van der Waals surface area contributed by atoms with Crippen molar-refractivity contribution in [1.82, 2.24) is 0 Å². The summed E-state index contributed by atoms with van der Waals surface area (Å²) >= 11 is 0. The molecule has 0 atom stereocenters. The van der Waals surface area contributed by atoms with Crippen LogP contribution in [0, 0.1) is 6.92 Å². The minimum Gasteiger partial charge on any atom is -0.0985 e. The number of aryl methyl sites for hydroxylation is 1. The molecule has 0 N–H and O–H groups in total. The van der Waals surface area contributed by atoms with Gasteiger partial charge in [0, 0.05) is 0 Å². The molecule has 0 aliphatic heterocycles. The fourth-order valence-corrected chi connectivity index (χ4v) is 1.54. The molecule has 18 heavy (non-hydrogen) atoms. The molecule has 0 fully saturated rings. The first-order valence-electron chi connectivity index (χ1n) is 6.04. The normalized spacial score (nSPS) is 9.00. The van der Waals surface area contributed by atoms with E-state index in [-0.39, 0.29) is 0 Å². The average Bonchev–Trinajstić information content (AvgIpc) is 2.41. The number of allylic oxidation sites excluding steroid dienone is 1. The lowest BCUT2D eigenvalue weighted by atomic mass is 10.1. The second kappa shape index (κ2) is 7.29. The van der Waals surface area contributed by atoms with Gasteiger partial charge in [-0.25, -0.2) is 0 Å². The molecule has 2 aromatic rings. The lowest BCUT2D eigenvalue weighted by Gasteiger charge is -1.95. The molecule has 0 unspecified atom stereocenters. The summed E-state index contributed by atoms with van der Waals surface area (Å²) in [5.74, 6) is 0. The lowest BCUT2D eigenvalue weighted by molar-refractivity contribution is 1.45. The largest absolute Gasteiger partial charge is 0.0985 e. The molecule has 0 radical (unpaired) electrons. The van der Waals surface area contributed by atoms with Crippen LogP contribution >= 0.6 is 0 Å². The van der Waals surface area contributed by atoms with Crippen molar-refractivity contribution >= 4 is 11.6 Å². The number of hydrogen-bond acceptors (Lipinski definition) is 0. The maximum absolute atomic E-state index is 3.83. The van der Waals surface area contributed by atoms with Crippen molar-refractivity contribution in [2.75, 3.05) is 0 Å². The molecule has 0 aliphatic carbocycles. The third-order valence-corrected chi connectivity index (χ3v) is 2.67. The minimum atomic E-state index is 1.12. The third kappa shape index (κ3) is 4.42. The fraction of sp³-hybridized carbons (Fsp3) is 0.111. The van der Waals surface area contributed by atoms with Gasteiger partial charge in [-0.05, 0) is 30.5 Å². The highest BCUT2D eigenvalue weighted by molar-refractivity contribution is 5.60. The SMILES string of the molecule is C=C(C)c1ccccc1.C=Cc1ccccc1C. The molecule has 0 nitrogen and oxygen atoms in total. The maximum Gasteiger partial charge on any atom is -0.0233 e. The molecular formula is C18H20. The number of hydrogen-bond donors (Lipinski definition) is 0. The van der Waals surface area contributed by atoms with Gasteiger partial charge in [0.15, 0.2) is 0 Å². The first kappa shape index (κ1) is 14.0. The molecular weight excluding hydrogens is 216 g/mol. The van der Waals surface area contributed by atoms with Crippen LogP contribution in [0.1, 0.15) is 23.6 Å². The molecule has 92 valence electrons. The van der Waals surface area contributed by atoms with Crippen LogP contribution < -0.4 is 0 Å². The molecule has 0 aromatic heterocycles. The Morgan fingerprint density at radius 1 is 0.944 bits per heavy atom. The van der Waals surface area contributed by atoms with E-state index < -0.39 is 0 Å². The van der Waals surface area contributed by atoms with Crippen molar-refractivity contribution in [3.8, 4) is 0 Å². The molecule has 0 aliphatic rings. The monoisotopic (exact) mass is 236 g/mol. The molecule has 2 rings (SSSR count). The summed E-state index contributed by atoms with van der Waals surface area (Å²) in [6, 6.07) is 18.3. The van der Waals surface area contributed by atoms with Gasteiger partial charge in [-0.2, -0.15) is 0 Å². The van der Waals surface area contributed by atoms with Crippen LogP contribution in [0.2, 0.25) is 0 Å². The molecule has 0 bridgehead atoms. The number of rotatable bonds is 2. The highest BCUT2D eigenvalue weighted by atomic mass is 13.9. The van der Waals surface area contributed by atoms with Crippen molar-refractivity contribution < 1.29 is 0 Å². The van der Waals surface area contributed by atoms with Crippen molar-refractivity contribution in [2.45, 2.75) is 13.8 Å². The van der Waals surface area contributed by atoms with Crippen LogP contribution in [0.15, 0.2) is 67.8 Å². The van der Waals surface area contributed by atoms with Gasteiger partial charge in [-0.15, -0.1) is 0 Å². The van der Waals surface area contributed by atoms with E-state index in [2.05, 4.69) is 44.3 Å². The zero-order chi connectivity index (χ0) is 13.4. The summed E-state index contributed by atoms with van der Waals surface area (Å²) in [6.07, 6.45) is 1.87. The molecule has 0 saturated heterocycles. The number of benzene rings is 2. The van der Waals surface area contributed by atoms with Gasteiger partial charge in [0.25, 0.3) is 0 Å². The van der Waals surface area contributed by atoms with Crippen molar-refractivity contribution in [1.29, 1.82) is 0 Å². The van der Waals surface area contributed by atoms with Gasteiger partial charge in [-0.1, -0.05) is 79.4 Å². The van der Waals surface area contributed by atoms with Crippen LogP contribution in [0.5, 0.6) is 0 Å². The van der Waals surface area contributed by atoms with Crippen molar-refractivity contribution in [3.05, 3.63) is 84.4 Å². The zero-order valence-corrected chi connectivity index (χ0v) is 11.2. The van der Waals surface area contributed by atoms with E-state index in [1.54, 1.807) is 0 Å². The van der Waals surface area contributed by atoms with Gasteiger partial charge in [0.05, 0.1) is 0 Å². The van der Waals surface area contributed by atoms with Crippen LogP contribution in [-0.2, 0) is 0 Å². The summed E-state index contributed by atoms with van der Waals surface area (Å²) in [4.78, 5) is 0. The highest BCUT2D eigenvalue weighted by Crippen LogP contribution is 2.08. The Kier molecular flexibility index (Phi) is 5.66. The van der Waals surface area contributed by atoms with Crippen LogP contribution in [0.25, 0.3) is 11.6 Å². The molecule has 0 heteroatoms. The lowest BCUT2D eigenvalue weighted by Crippen LogP contribution is -1.75. The zero-order valence-electron chi connectivity index (χ0n) is 11.2. The first-order chi connectivity index (χ1) is 8.65. The van der Waals surface area contributed by atoms with E-state index >= 15 is 0 Å². The first-order valence-corrected chi connectivity index (χ1v) is 6.04. The van der Waals surface area contributed by atoms with Crippen LogP contribution in [0.4, 0.5) is 0 Å². The summed E-state index contributed by atoms with van der Waals surface area (Å²) in [7, 11) is 0. The van der Waals surface area contributed by atoms with E-state index in [0.717, 1.165) is 5.57 Å². The van der Waals surface area contributed by atoms with Crippen molar-refractivity contribution in [2.24, 2.45) is 0 Å². The fourth-order valence-electron chi connectivity index (χ4n) is 1.54. The summed E-state index contributed by atoms with van der Waals surface area (Å²) in [6.45, 7) is 11.6. The van der Waals surface area contributed by atoms with Gasteiger partial charge >= 0.3 is 0 Å². The third-order valence-electron chi connectivity index (χ3n) is 2.67. The van der Waals surface area contributed by atoms with Crippen LogP contribution in [-0.4, -0.2) is 0 Å². The minimum absolute atomic E-state index is 1.12. The maximum atomic E-state index is 3.83. The molecule has 0 saturated carbocycles. The summed E-state index contributed by atoms with van der Waals surface area (Å²) in [5, 5.41) is 0. The Balaban J connectivity index is 0.000000180. The standard InChI is InChI=1S/2C9H10/c1-8(2)9-6-4-3-5-7-9;1-3-9-7-5-4-6-8(9)2/h2*3-7H,1H2,2H3. The molecule has 2 aromatic carbocycles. The van der Waals surface area contributed by atoms with Crippen LogP contribution in [0.3, 0.4) is 0 Å². The van der Waals surface area contributed by atoms with E-state index in [0.29, 0.717) is 0 Å². The smallest absolute Gasteiger partial charge is 0.0233 e. The Bertz CT molecular complexity index is 507. The predicted octanol–water partition coefficient (Wildman–Crippen LogP) is 5.36. The second-order valence-corrected chi connectivity index (χ2v) is 4.21. The second-order valence-electron chi connectivity index (χ2n) is 4.21. The molecule has 0 spiro atoms. The summed E-state index contributed by atoms with van der Waals surface area (Å²) in [5.41, 5.74) is 4.85. The highest BCUT2D eigenvalue weighted by Gasteiger charge is 1.87. The predicted molar refractivity (Wildman–Crippen MR) is 82.4 cm³/mol. The average molecular weight is 236 g/mol. The molecule has 0 heterocycles. The summed E-state index contributed by atoms with van der Waals surface area (Å²) < 4.78 is 0. The van der Waals surface area contributed by atoms with E-state index in [1.807, 2.05) is 43.3 Å². The van der Waals surface area contributed by atoms with Crippen molar-refractivity contribution in [3.63, 3.8) is 0 Å².